The summed E-state index contributed by atoms with van der Waals surface area (Å²) in [5.74, 6) is -3.98. The fourth-order valence-corrected chi connectivity index (χ4v) is 6.47. The second kappa shape index (κ2) is 14.0. The Kier molecular flexibility index (Phi) is 11.3. The second-order valence-electron chi connectivity index (χ2n) is 13.6. The van der Waals surface area contributed by atoms with Crippen molar-refractivity contribution in [3.8, 4) is 0 Å². The van der Waals surface area contributed by atoms with E-state index in [1.807, 2.05) is 27.7 Å². The van der Waals surface area contributed by atoms with Gasteiger partial charge in [-0.25, -0.2) is 23.5 Å². The Hall–Kier alpha value is -2.92. The van der Waals surface area contributed by atoms with Crippen LogP contribution in [0.15, 0.2) is 30.4 Å². The highest BCUT2D eigenvalue weighted by Crippen LogP contribution is 2.42. The molecule has 1 aromatic heterocycles. The van der Waals surface area contributed by atoms with Crippen LogP contribution in [0, 0.1) is 29.1 Å². The first-order valence-corrected chi connectivity index (χ1v) is 15.6. The molecule has 11 heteroatoms. The van der Waals surface area contributed by atoms with Crippen LogP contribution in [0.25, 0.3) is 0 Å². The number of allylic oxidation sites excluding steroid dienone is 1. The zero-order chi connectivity index (χ0) is 33.1. The van der Waals surface area contributed by atoms with E-state index in [4.69, 9.17) is 18.9 Å². The standard InChI is InChI=1S/C33H49FN2O8/c1-11-24-25(43-31(40)36-13-12-35-17-36)15-19(3)26(37)20(4)16-32(8,9)28(23(7)27(38)33(10,34)30(39)42-24)44-29-22(6)18(2)14-21(5)41-29/h12-13,15,17-18,20-25,28-29H,11,14,16H2,1-10H3/b19-15+/t18-,20+,21+,22+,23-,24+,25-,28+,29?,33-/m0/s1. The molecule has 2 aliphatic rings. The normalized spacial score (nSPS) is 38.7. The number of aromatic nitrogens is 2. The monoisotopic (exact) mass is 620 g/mol. The number of nitrogens with zero attached hydrogens (tertiary/aromatic N) is 2. The molecule has 3 rings (SSSR count). The third kappa shape index (κ3) is 7.83. The van der Waals surface area contributed by atoms with Crippen LogP contribution in [0.1, 0.15) is 88.5 Å². The van der Waals surface area contributed by atoms with Gasteiger partial charge < -0.3 is 18.9 Å². The lowest BCUT2D eigenvalue weighted by Gasteiger charge is -2.45. The molecule has 0 N–H and O–H groups in total. The molecule has 10 atom stereocenters. The number of alkyl halides is 1. The molecule has 0 aliphatic carbocycles. The molecule has 0 aromatic carbocycles. The van der Waals surface area contributed by atoms with Crippen molar-refractivity contribution in [2.75, 3.05) is 0 Å². The molecule has 1 unspecified atom stereocenters. The van der Waals surface area contributed by atoms with E-state index in [0.717, 1.165) is 17.9 Å². The van der Waals surface area contributed by atoms with E-state index in [9.17, 15) is 19.2 Å². The first-order valence-electron chi connectivity index (χ1n) is 15.6. The SMILES string of the molecule is CC[C@H]1OC(=O)[C@@](C)(F)C(=O)[C@H](C)[C@@H](OC2O[C@H](C)C[C@H](C)[C@H]2C)C(C)(C)C[C@@H](C)C(=O)/C(C)=C/[C@@H]1OC(=O)n1ccnc1. The van der Waals surface area contributed by atoms with Crippen molar-refractivity contribution in [3.05, 3.63) is 30.4 Å². The van der Waals surface area contributed by atoms with Crippen LogP contribution in [-0.2, 0) is 33.3 Å². The third-order valence-corrected chi connectivity index (χ3v) is 9.22. The Morgan fingerprint density at radius 3 is 2.39 bits per heavy atom. The summed E-state index contributed by atoms with van der Waals surface area (Å²) in [4.78, 5) is 57.5. The van der Waals surface area contributed by atoms with Crippen molar-refractivity contribution in [1.82, 2.24) is 9.55 Å². The molecular weight excluding hydrogens is 571 g/mol. The number of imidazole rings is 1. The maximum absolute atomic E-state index is 16.3. The van der Waals surface area contributed by atoms with Crippen LogP contribution in [0.5, 0.6) is 0 Å². The number of halogens is 1. The number of hydrogen-bond donors (Lipinski definition) is 0. The Labute approximate surface area is 260 Å². The summed E-state index contributed by atoms with van der Waals surface area (Å²) in [7, 11) is 0. The van der Waals surface area contributed by atoms with Gasteiger partial charge in [-0.15, -0.1) is 0 Å². The van der Waals surface area contributed by atoms with Gasteiger partial charge in [0, 0.05) is 30.1 Å². The molecule has 246 valence electrons. The fourth-order valence-electron chi connectivity index (χ4n) is 6.47. The molecule has 0 bridgehead atoms. The third-order valence-electron chi connectivity index (χ3n) is 9.22. The van der Waals surface area contributed by atoms with Gasteiger partial charge in [-0.1, -0.05) is 48.5 Å². The van der Waals surface area contributed by atoms with Gasteiger partial charge in [0.2, 0.25) is 0 Å². The lowest BCUT2D eigenvalue weighted by Crippen LogP contribution is -2.54. The molecule has 1 aromatic rings. The molecule has 10 nitrogen and oxygen atoms in total. The van der Waals surface area contributed by atoms with E-state index in [1.54, 1.807) is 20.8 Å². The predicted octanol–water partition coefficient (Wildman–Crippen LogP) is 5.87. The topological polar surface area (TPSA) is 123 Å². The average Bonchev–Trinajstić information content (AvgIpc) is 3.49. The molecule has 3 heterocycles. The van der Waals surface area contributed by atoms with Gasteiger partial charge in [0.25, 0.3) is 5.67 Å². The Bertz CT molecular complexity index is 1230. The zero-order valence-corrected chi connectivity index (χ0v) is 27.7. The van der Waals surface area contributed by atoms with Gasteiger partial charge in [-0.2, -0.15) is 0 Å². The number of carbonyl (C=O) groups is 4. The first kappa shape index (κ1) is 35.6. The summed E-state index contributed by atoms with van der Waals surface area (Å²) in [5.41, 5.74) is -3.58. The van der Waals surface area contributed by atoms with Gasteiger partial charge in [-0.05, 0) is 63.0 Å². The second-order valence-corrected chi connectivity index (χ2v) is 13.6. The van der Waals surface area contributed by atoms with E-state index in [2.05, 4.69) is 11.9 Å². The predicted molar refractivity (Wildman–Crippen MR) is 160 cm³/mol. The van der Waals surface area contributed by atoms with E-state index in [-0.39, 0.29) is 36.6 Å². The molecule has 0 radical (unpaired) electrons. The van der Waals surface area contributed by atoms with Gasteiger partial charge in [0.05, 0.1) is 12.2 Å². The quantitative estimate of drug-likeness (QED) is 0.301. The summed E-state index contributed by atoms with van der Waals surface area (Å²) >= 11 is 0. The molecule has 2 aliphatic heterocycles. The van der Waals surface area contributed by atoms with Crippen molar-refractivity contribution < 1.29 is 42.5 Å². The van der Waals surface area contributed by atoms with Crippen LogP contribution < -0.4 is 0 Å². The molecule has 1 saturated heterocycles. The molecule has 1 fully saturated rings. The summed E-state index contributed by atoms with van der Waals surface area (Å²) in [6.45, 7) is 17.3. The first-order chi connectivity index (χ1) is 20.4. The number of ether oxygens (including phenoxy) is 4. The highest BCUT2D eigenvalue weighted by atomic mass is 19.1. The lowest BCUT2D eigenvalue weighted by molar-refractivity contribution is -0.267. The Morgan fingerprint density at radius 1 is 1.14 bits per heavy atom. The van der Waals surface area contributed by atoms with E-state index >= 15 is 4.39 Å². The van der Waals surface area contributed by atoms with Crippen LogP contribution in [0.2, 0.25) is 0 Å². The van der Waals surface area contributed by atoms with Crippen LogP contribution in [0.4, 0.5) is 9.18 Å². The zero-order valence-electron chi connectivity index (χ0n) is 27.7. The van der Waals surface area contributed by atoms with Crippen molar-refractivity contribution >= 4 is 23.6 Å². The number of esters is 1. The Morgan fingerprint density at radius 2 is 1.80 bits per heavy atom. The number of Topliss-reactive ketones (excluding diaryl/α,β-unsaturated/α-hetero) is 2. The number of hydrogen-bond acceptors (Lipinski definition) is 9. The number of cyclic esters (lactones) is 1. The minimum atomic E-state index is -3.03. The van der Waals surface area contributed by atoms with Crippen LogP contribution >= 0.6 is 0 Å². The number of rotatable bonds is 4. The fraction of sp³-hybridized carbons (Fsp3) is 0.727. The minimum Gasteiger partial charge on any atom is -0.455 e. The van der Waals surface area contributed by atoms with Crippen molar-refractivity contribution in [3.63, 3.8) is 0 Å². The highest BCUT2D eigenvalue weighted by Gasteiger charge is 2.52. The largest absolute Gasteiger partial charge is 0.455 e. The van der Waals surface area contributed by atoms with Crippen molar-refractivity contribution in [2.45, 2.75) is 125 Å². The maximum atomic E-state index is 16.3. The van der Waals surface area contributed by atoms with Crippen LogP contribution in [0.3, 0.4) is 0 Å². The van der Waals surface area contributed by atoms with E-state index in [1.165, 1.54) is 31.7 Å². The van der Waals surface area contributed by atoms with Gasteiger partial charge >= 0.3 is 12.1 Å². The van der Waals surface area contributed by atoms with Gasteiger partial charge in [0.15, 0.2) is 24.0 Å². The highest BCUT2D eigenvalue weighted by molar-refractivity contribution is 6.07. The average molecular weight is 621 g/mol. The molecule has 0 spiro atoms. The van der Waals surface area contributed by atoms with Crippen molar-refractivity contribution in [2.24, 2.45) is 29.1 Å². The smallest absolute Gasteiger partial charge is 0.419 e. The Balaban J connectivity index is 2.06. The summed E-state index contributed by atoms with van der Waals surface area (Å²) in [5, 5.41) is 0. The van der Waals surface area contributed by atoms with Gasteiger partial charge in [0.1, 0.15) is 12.4 Å². The molecule has 44 heavy (non-hydrogen) atoms. The maximum Gasteiger partial charge on any atom is 0.419 e. The van der Waals surface area contributed by atoms with Crippen molar-refractivity contribution in [1.29, 1.82) is 0 Å². The summed E-state index contributed by atoms with van der Waals surface area (Å²) in [6.07, 6.45) is 1.79. The summed E-state index contributed by atoms with van der Waals surface area (Å²) in [6, 6.07) is 0. The van der Waals surface area contributed by atoms with Gasteiger partial charge in [-0.3, -0.25) is 9.59 Å². The lowest BCUT2D eigenvalue weighted by atomic mass is 9.70. The minimum absolute atomic E-state index is 0.00404. The van der Waals surface area contributed by atoms with E-state index < -0.39 is 65.4 Å². The molecule has 0 amide bonds. The number of ketones is 2. The van der Waals surface area contributed by atoms with Crippen LogP contribution in [-0.4, -0.2) is 69.6 Å². The molecular formula is C33H49FN2O8. The summed E-state index contributed by atoms with van der Waals surface area (Å²) < 4.78 is 41.3. The number of carbonyl (C=O) groups excluding carboxylic acids is 4. The molecule has 0 saturated carbocycles. The van der Waals surface area contributed by atoms with E-state index in [0.29, 0.717) is 5.57 Å².